The summed E-state index contributed by atoms with van der Waals surface area (Å²) in [5.74, 6) is 0.363. The number of nitrogens with zero attached hydrogens (tertiary/aromatic N) is 2. The van der Waals surface area contributed by atoms with Crippen LogP contribution in [0.2, 0.25) is 0 Å². The molecule has 2 aliphatic rings. The number of ether oxygens (including phenoxy) is 1. The van der Waals surface area contributed by atoms with Gasteiger partial charge in [-0.1, -0.05) is 20.8 Å². The van der Waals surface area contributed by atoms with Gasteiger partial charge in [-0.25, -0.2) is 0 Å². The molecule has 0 aliphatic carbocycles. The number of piperidine rings is 1. The summed E-state index contributed by atoms with van der Waals surface area (Å²) in [5.41, 5.74) is -0.755. The van der Waals surface area contributed by atoms with Gasteiger partial charge in [0.05, 0.1) is 12.0 Å². The van der Waals surface area contributed by atoms with E-state index in [1.54, 1.807) is 7.11 Å². The van der Waals surface area contributed by atoms with E-state index in [-0.39, 0.29) is 17.2 Å². The van der Waals surface area contributed by atoms with E-state index in [0.29, 0.717) is 32.8 Å². The van der Waals surface area contributed by atoms with Crippen LogP contribution in [0.15, 0.2) is 0 Å². The molecule has 0 bridgehead atoms. The van der Waals surface area contributed by atoms with Gasteiger partial charge in [-0.15, -0.1) is 0 Å². The lowest BCUT2D eigenvalue weighted by atomic mass is 9.78. The number of methoxy groups -OCH3 is 1. The standard InChI is InChI=1S/C17H31N3O3/c1-16(2,3)14(21)19-9-11-20(12-10-19)15(22)17(13-23-4)5-7-18-8-6-17/h18H,5-13H2,1-4H3. The van der Waals surface area contributed by atoms with E-state index >= 15 is 0 Å². The molecule has 2 fully saturated rings. The van der Waals surface area contributed by atoms with Crippen LogP contribution >= 0.6 is 0 Å². The van der Waals surface area contributed by atoms with E-state index in [9.17, 15) is 9.59 Å². The molecule has 6 nitrogen and oxygen atoms in total. The molecule has 0 saturated carbocycles. The zero-order valence-electron chi connectivity index (χ0n) is 15.0. The highest BCUT2D eigenvalue weighted by molar-refractivity contribution is 5.84. The zero-order chi connectivity index (χ0) is 17.1. The van der Waals surface area contributed by atoms with Crippen LogP contribution in [0.4, 0.5) is 0 Å². The molecule has 0 radical (unpaired) electrons. The normalized spacial score (nSPS) is 22.1. The quantitative estimate of drug-likeness (QED) is 0.830. The summed E-state index contributed by atoms with van der Waals surface area (Å²) in [5, 5.41) is 3.32. The van der Waals surface area contributed by atoms with Crippen LogP contribution in [0.5, 0.6) is 0 Å². The SMILES string of the molecule is COCC1(C(=O)N2CCN(C(=O)C(C)(C)C)CC2)CCNCC1. The van der Waals surface area contributed by atoms with Crippen LogP contribution in [0, 0.1) is 10.8 Å². The van der Waals surface area contributed by atoms with Gasteiger partial charge in [0.1, 0.15) is 0 Å². The summed E-state index contributed by atoms with van der Waals surface area (Å²) in [7, 11) is 1.66. The van der Waals surface area contributed by atoms with Gasteiger partial charge in [-0.2, -0.15) is 0 Å². The van der Waals surface area contributed by atoms with Gasteiger partial charge in [0.2, 0.25) is 11.8 Å². The lowest BCUT2D eigenvalue weighted by Crippen LogP contribution is -2.58. The van der Waals surface area contributed by atoms with E-state index in [1.165, 1.54) is 0 Å². The van der Waals surface area contributed by atoms with Gasteiger partial charge in [0.25, 0.3) is 0 Å². The van der Waals surface area contributed by atoms with E-state index in [4.69, 9.17) is 4.74 Å². The van der Waals surface area contributed by atoms with Crippen LogP contribution < -0.4 is 5.32 Å². The first kappa shape index (κ1) is 18.2. The molecule has 0 atom stereocenters. The maximum atomic E-state index is 13.1. The van der Waals surface area contributed by atoms with E-state index in [2.05, 4.69) is 5.32 Å². The lowest BCUT2D eigenvalue weighted by molar-refractivity contribution is -0.153. The molecule has 2 rings (SSSR count). The highest BCUT2D eigenvalue weighted by atomic mass is 16.5. The molecule has 0 unspecified atom stereocenters. The number of amides is 2. The summed E-state index contributed by atoms with van der Waals surface area (Å²) < 4.78 is 5.36. The number of piperazine rings is 1. The average Bonchev–Trinajstić information content (AvgIpc) is 2.54. The van der Waals surface area contributed by atoms with Crippen LogP contribution in [0.3, 0.4) is 0 Å². The Balaban J connectivity index is 1.98. The lowest BCUT2D eigenvalue weighted by Gasteiger charge is -2.43. The van der Waals surface area contributed by atoms with Crippen molar-refractivity contribution in [2.24, 2.45) is 10.8 Å². The molecule has 0 spiro atoms. The zero-order valence-corrected chi connectivity index (χ0v) is 15.0. The van der Waals surface area contributed by atoms with Gasteiger partial charge in [-0.05, 0) is 25.9 Å². The van der Waals surface area contributed by atoms with Crippen LogP contribution in [-0.2, 0) is 14.3 Å². The third-order valence-electron chi connectivity index (χ3n) is 4.93. The molecule has 2 aliphatic heterocycles. The molecule has 0 aromatic carbocycles. The number of hydrogen-bond donors (Lipinski definition) is 1. The van der Waals surface area contributed by atoms with Gasteiger partial charge in [0.15, 0.2) is 0 Å². The summed E-state index contributed by atoms with van der Waals surface area (Å²) in [6.07, 6.45) is 1.64. The maximum absolute atomic E-state index is 13.1. The van der Waals surface area contributed by atoms with Crippen molar-refractivity contribution in [3.05, 3.63) is 0 Å². The molecular formula is C17H31N3O3. The first-order chi connectivity index (χ1) is 10.8. The summed E-state index contributed by atoms with van der Waals surface area (Å²) in [6, 6.07) is 0. The Labute approximate surface area is 139 Å². The highest BCUT2D eigenvalue weighted by Crippen LogP contribution is 2.32. The Morgan fingerprint density at radius 2 is 1.57 bits per heavy atom. The van der Waals surface area contributed by atoms with Crippen LogP contribution in [0.25, 0.3) is 0 Å². The Kier molecular flexibility index (Phi) is 5.68. The van der Waals surface area contributed by atoms with Crippen molar-refractivity contribution in [3.63, 3.8) is 0 Å². The predicted molar refractivity (Wildman–Crippen MR) is 89.0 cm³/mol. The van der Waals surface area contributed by atoms with Crippen molar-refractivity contribution in [1.82, 2.24) is 15.1 Å². The third-order valence-corrected chi connectivity index (χ3v) is 4.93. The molecule has 1 N–H and O–H groups in total. The van der Waals surface area contributed by atoms with Crippen molar-refractivity contribution in [1.29, 1.82) is 0 Å². The maximum Gasteiger partial charge on any atom is 0.231 e. The second-order valence-corrected chi connectivity index (χ2v) is 7.80. The molecule has 132 valence electrons. The fraction of sp³-hybridized carbons (Fsp3) is 0.882. The van der Waals surface area contributed by atoms with Gasteiger partial charge >= 0.3 is 0 Å². The van der Waals surface area contributed by atoms with Crippen LogP contribution in [-0.4, -0.2) is 74.6 Å². The number of rotatable bonds is 3. The predicted octanol–water partition coefficient (Wildman–Crippen LogP) is 0.720. The first-order valence-corrected chi connectivity index (χ1v) is 8.59. The number of carbonyl (C=O) groups excluding carboxylic acids is 2. The van der Waals surface area contributed by atoms with Crippen molar-refractivity contribution in [2.45, 2.75) is 33.6 Å². The van der Waals surface area contributed by atoms with E-state index < -0.39 is 5.41 Å². The highest BCUT2D eigenvalue weighted by Gasteiger charge is 2.43. The number of hydrogen-bond acceptors (Lipinski definition) is 4. The first-order valence-electron chi connectivity index (χ1n) is 8.59. The fourth-order valence-electron chi connectivity index (χ4n) is 3.52. The minimum absolute atomic E-state index is 0.165. The second-order valence-electron chi connectivity index (χ2n) is 7.80. The molecule has 2 amide bonds. The Morgan fingerprint density at radius 1 is 1.04 bits per heavy atom. The molecule has 0 aromatic rings. The largest absolute Gasteiger partial charge is 0.384 e. The van der Waals surface area contributed by atoms with Crippen molar-refractivity contribution < 1.29 is 14.3 Å². The van der Waals surface area contributed by atoms with E-state index in [1.807, 2.05) is 30.6 Å². The molecular weight excluding hydrogens is 294 g/mol. The molecule has 23 heavy (non-hydrogen) atoms. The van der Waals surface area contributed by atoms with Gasteiger partial charge in [-0.3, -0.25) is 9.59 Å². The van der Waals surface area contributed by atoms with Crippen molar-refractivity contribution >= 4 is 11.8 Å². The average molecular weight is 325 g/mol. The summed E-state index contributed by atoms with van der Waals surface area (Å²) >= 11 is 0. The summed E-state index contributed by atoms with van der Waals surface area (Å²) in [6.45, 7) is 10.5. The van der Waals surface area contributed by atoms with Gasteiger partial charge in [0, 0.05) is 38.7 Å². The van der Waals surface area contributed by atoms with Crippen LogP contribution in [0.1, 0.15) is 33.6 Å². The Morgan fingerprint density at radius 3 is 2.04 bits per heavy atom. The second kappa shape index (κ2) is 7.18. The molecule has 2 heterocycles. The Bertz CT molecular complexity index is 425. The van der Waals surface area contributed by atoms with Gasteiger partial charge < -0.3 is 19.9 Å². The van der Waals surface area contributed by atoms with Crippen molar-refractivity contribution in [3.8, 4) is 0 Å². The smallest absolute Gasteiger partial charge is 0.231 e. The number of carbonyl (C=O) groups is 2. The minimum atomic E-state index is -0.393. The monoisotopic (exact) mass is 325 g/mol. The number of nitrogens with one attached hydrogen (secondary N) is 1. The molecule has 6 heteroatoms. The molecule has 0 aromatic heterocycles. The van der Waals surface area contributed by atoms with E-state index in [0.717, 1.165) is 25.9 Å². The fourth-order valence-corrected chi connectivity index (χ4v) is 3.52. The Hall–Kier alpha value is -1.14. The minimum Gasteiger partial charge on any atom is -0.384 e. The molecule has 2 saturated heterocycles. The van der Waals surface area contributed by atoms with Crippen molar-refractivity contribution in [2.75, 3.05) is 53.0 Å². The topological polar surface area (TPSA) is 61.9 Å². The third kappa shape index (κ3) is 4.04. The summed E-state index contributed by atoms with van der Waals surface area (Å²) in [4.78, 5) is 29.2.